The normalized spacial score (nSPS) is 12.8. The third-order valence-corrected chi connectivity index (χ3v) is 11.6. The molecule has 332 valence electrons. The van der Waals surface area contributed by atoms with Crippen molar-refractivity contribution in [1.29, 1.82) is 0 Å². The molecular formula is C32H22N10O18S4. The van der Waals surface area contributed by atoms with E-state index in [4.69, 9.17) is 0 Å². The SMILES string of the molecule is O=C(O)c1[nH]n(-c2ccc(S(=O)(=O)O)cc2N=Nc2cc(S(=O)(=O)O)ccc2-n2[nH]c(C(=O)O)c(N=Nc3ccc(S(=O)(=O)O)cc3)c2=O)c(=O)c1N=Nc1ccc(S(=O)(=O)O)cc1. The number of carboxylic acid groups (broad SMARTS) is 2. The van der Waals surface area contributed by atoms with Crippen LogP contribution >= 0.6 is 0 Å². The highest BCUT2D eigenvalue weighted by Crippen LogP contribution is 2.33. The number of hydrogen-bond donors (Lipinski definition) is 8. The summed E-state index contributed by atoms with van der Waals surface area (Å²) in [4.78, 5) is 48.9. The van der Waals surface area contributed by atoms with Crippen LogP contribution in [-0.2, 0) is 40.5 Å². The average molecular weight is 963 g/mol. The molecule has 0 aliphatic rings. The Balaban J connectivity index is 1.50. The van der Waals surface area contributed by atoms with E-state index < -0.39 is 129 Å². The lowest BCUT2D eigenvalue weighted by Crippen LogP contribution is -2.15. The van der Waals surface area contributed by atoms with Gasteiger partial charge in [0, 0.05) is 0 Å². The highest BCUT2D eigenvalue weighted by Gasteiger charge is 2.26. The summed E-state index contributed by atoms with van der Waals surface area (Å²) in [6.07, 6.45) is 0. The monoisotopic (exact) mass is 962 g/mol. The molecular weight excluding hydrogens is 941 g/mol. The standard InChI is InChI=1S/C32H22N10O18S4/c43-29-25(37-33-15-1-5-17(6-2-15)61(49,50)51)27(31(45)46)39-41(29)23-11-9-19(63(55,56)57)13-21(23)35-36-22-14-20(64(58,59)60)10-12-24(22)42-30(44)26(28(40-42)32(47)48)38-34-16-3-7-18(8-4-16)62(52,53)54/h1-14,39-40H,(H,45,46)(H,47,48)(H,49,50,51)(H,52,53,54)(H,55,56,57)(H,58,59,60). The zero-order chi connectivity index (χ0) is 47.1. The van der Waals surface area contributed by atoms with E-state index in [0.717, 1.165) is 72.8 Å². The molecule has 0 unspecified atom stereocenters. The van der Waals surface area contributed by atoms with Gasteiger partial charge in [-0.25, -0.2) is 19.0 Å². The maximum absolute atomic E-state index is 13.7. The molecule has 0 saturated carbocycles. The number of hydrogen-bond acceptors (Lipinski definition) is 18. The quantitative estimate of drug-likeness (QED) is 0.0558. The molecule has 64 heavy (non-hydrogen) atoms. The molecule has 0 radical (unpaired) electrons. The van der Waals surface area contributed by atoms with Crippen LogP contribution in [0.15, 0.2) is 145 Å². The van der Waals surface area contributed by atoms with Gasteiger partial charge in [0.1, 0.15) is 11.4 Å². The topological polar surface area (TPSA) is 442 Å². The number of carboxylic acids is 2. The lowest BCUT2D eigenvalue weighted by molar-refractivity contribution is 0.0680. The number of carbonyl (C=O) groups is 2. The van der Waals surface area contributed by atoms with Crippen molar-refractivity contribution in [1.82, 2.24) is 19.6 Å². The maximum atomic E-state index is 13.7. The zero-order valence-corrected chi connectivity index (χ0v) is 34.1. The molecule has 6 rings (SSSR count). The summed E-state index contributed by atoms with van der Waals surface area (Å²) in [5, 5.41) is 46.5. The average Bonchev–Trinajstić information content (AvgIpc) is 3.72. The fourth-order valence-corrected chi connectivity index (χ4v) is 7.20. The number of nitrogens with one attached hydrogen (secondary N) is 2. The fourth-order valence-electron chi connectivity index (χ4n) is 5.24. The van der Waals surface area contributed by atoms with Crippen molar-refractivity contribution in [3.8, 4) is 11.4 Å². The van der Waals surface area contributed by atoms with Crippen molar-refractivity contribution in [2.45, 2.75) is 19.6 Å². The van der Waals surface area contributed by atoms with Gasteiger partial charge in [-0.15, -0.1) is 20.5 Å². The van der Waals surface area contributed by atoms with Crippen molar-refractivity contribution in [3.63, 3.8) is 0 Å². The highest BCUT2D eigenvalue weighted by molar-refractivity contribution is 7.86. The van der Waals surface area contributed by atoms with E-state index in [2.05, 4.69) is 40.9 Å². The van der Waals surface area contributed by atoms with Crippen LogP contribution in [0.2, 0.25) is 0 Å². The predicted octanol–water partition coefficient (Wildman–Crippen LogP) is 4.27. The Bertz CT molecular complexity index is 3360. The van der Waals surface area contributed by atoms with E-state index in [1.807, 2.05) is 0 Å². The second-order valence-corrected chi connectivity index (χ2v) is 18.0. The predicted molar refractivity (Wildman–Crippen MR) is 211 cm³/mol. The number of aromatic carboxylic acids is 2. The van der Waals surface area contributed by atoms with Crippen LogP contribution in [-0.4, -0.2) is 93.6 Å². The van der Waals surface area contributed by atoms with E-state index in [1.54, 1.807) is 0 Å². The number of aromatic nitrogens is 4. The minimum Gasteiger partial charge on any atom is -0.476 e. The molecule has 32 heteroatoms. The Labute approximate surface area is 355 Å². The van der Waals surface area contributed by atoms with Crippen molar-refractivity contribution in [3.05, 3.63) is 117 Å². The number of nitrogens with zero attached hydrogens (tertiary/aromatic N) is 8. The molecule has 0 amide bonds. The van der Waals surface area contributed by atoms with Gasteiger partial charge in [-0.05, 0) is 84.9 Å². The molecule has 0 aliphatic heterocycles. The largest absolute Gasteiger partial charge is 0.476 e. The van der Waals surface area contributed by atoms with Crippen LogP contribution in [0.4, 0.5) is 34.1 Å². The molecule has 6 aromatic rings. The van der Waals surface area contributed by atoms with Crippen molar-refractivity contribution >= 4 is 86.5 Å². The van der Waals surface area contributed by atoms with Gasteiger partial charge in [0.2, 0.25) is 0 Å². The number of benzene rings is 4. The second-order valence-electron chi connectivity index (χ2n) is 12.4. The van der Waals surface area contributed by atoms with Gasteiger partial charge < -0.3 is 10.2 Å². The summed E-state index contributed by atoms with van der Waals surface area (Å²) in [5.41, 5.74) is -8.98. The summed E-state index contributed by atoms with van der Waals surface area (Å²) in [5.74, 6) is -3.58. The first-order chi connectivity index (χ1) is 29.7. The second kappa shape index (κ2) is 16.9. The van der Waals surface area contributed by atoms with Gasteiger partial charge in [0.05, 0.1) is 42.3 Å². The Morgan fingerprint density at radius 2 is 0.734 bits per heavy atom. The molecule has 0 atom stereocenters. The van der Waals surface area contributed by atoms with E-state index >= 15 is 0 Å². The molecule has 2 aromatic heterocycles. The minimum atomic E-state index is -5.07. The van der Waals surface area contributed by atoms with E-state index in [-0.39, 0.29) is 11.4 Å². The van der Waals surface area contributed by atoms with E-state index in [0.29, 0.717) is 21.5 Å². The van der Waals surface area contributed by atoms with Crippen LogP contribution in [0.25, 0.3) is 11.4 Å². The third kappa shape index (κ3) is 9.82. The number of aromatic amines is 2. The Morgan fingerprint density at radius 1 is 0.438 bits per heavy atom. The van der Waals surface area contributed by atoms with Crippen molar-refractivity contribution in [2.24, 2.45) is 30.7 Å². The van der Waals surface area contributed by atoms with Crippen molar-refractivity contribution < 1.29 is 71.7 Å². The molecule has 0 saturated heterocycles. The van der Waals surface area contributed by atoms with Gasteiger partial charge in [-0.1, -0.05) is 0 Å². The number of rotatable bonds is 14. The molecule has 8 N–H and O–H groups in total. The summed E-state index contributed by atoms with van der Waals surface area (Å²) < 4.78 is 133. The van der Waals surface area contributed by atoms with Crippen LogP contribution in [0, 0.1) is 0 Å². The smallest absolute Gasteiger partial charge is 0.356 e. The van der Waals surface area contributed by atoms with E-state index in [1.165, 1.54) is 0 Å². The van der Waals surface area contributed by atoms with Crippen molar-refractivity contribution in [2.75, 3.05) is 0 Å². The van der Waals surface area contributed by atoms with E-state index in [9.17, 15) is 81.3 Å². The highest BCUT2D eigenvalue weighted by atomic mass is 32.2. The fraction of sp³-hybridized carbons (Fsp3) is 0. The summed E-state index contributed by atoms with van der Waals surface area (Å²) in [7, 11) is -19.3. The van der Waals surface area contributed by atoms with Crippen LogP contribution < -0.4 is 11.1 Å². The Morgan fingerprint density at radius 3 is 1.02 bits per heavy atom. The Hall–Kier alpha value is -7.72. The van der Waals surface area contributed by atoms with Gasteiger partial charge in [-0.2, -0.15) is 43.9 Å². The Kier molecular flexibility index (Phi) is 12.1. The first-order valence-corrected chi connectivity index (χ1v) is 22.3. The molecule has 4 aromatic carbocycles. The molecule has 0 bridgehead atoms. The van der Waals surface area contributed by atoms with Gasteiger partial charge >= 0.3 is 11.9 Å². The molecule has 2 heterocycles. The molecule has 28 nitrogen and oxygen atoms in total. The third-order valence-electron chi connectivity index (χ3n) is 8.20. The van der Waals surface area contributed by atoms with Crippen LogP contribution in [0.5, 0.6) is 0 Å². The van der Waals surface area contributed by atoms with Gasteiger partial charge in [-0.3, -0.25) is 38.0 Å². The summed E-state index contributed by atoms with van der Waals surface area (Å²) in [6.45, 7) is 0. The van der Waals surface area contributed by atoms with Crippen LogP contribution in [0.1, 0.15) is 21.0 Å². The van der Waals surface area contributed by atoms with Gasteiger partial charge in [0.25, 0.3) is 51.6 Å². The summed E-state index contributed by atoms with van der Waals surface area (Å²) in [6, 6.07) is 12.2. The minimum absolute atomic E-state index is 0.134. The summed E-state index contributed by atoms with van der Waals surface area (Å²) >= 11 is 0. The first-order valence-electron chi connectivity index (χ1n) is 16.5. The van der Waals surface area contributed by atoms with Gasteiger partial charge in [0.15, 0.2) is 22.8 Å². The number of azo groups is 3. The molecule has 0 spiro atoms. The lowest BCUT2D eigenvalue weighted by atomic mass is 10.2. The van der Waals surface area contributed by atoms with Crippen LogP contribution in [0.3, 0.4) is 0 Å². The first kappa shape index (κ1) is 45.8. The zero-order valence-electron chi connectivity index (χ0n) is 30.9. The molecule has 0 aliphatic carbocycles. The molecule has 0 fully saturated rings. The lowest BCUT2D eigenvalue weighted by Gasteiger charge is -2.09. The maximum Gasteiger partial charge on any atom is 0.356 e. The number of H-pyrrole nitrogens is 2.